The average molecular weight is 310 g/mol. The van der Waals surface area contributed by atoms with Crippen molar-refractivity contribution in [3.63, 3.8) is 0 Å². The van der Waals surface area contributed by atoms with Gasteiger partial charge in [-0.25, -0.2) is 4.79 Å². The van der Waals surface area contributed by atoms with Gasteiger partial charge in [0.2, 0.25) is 0 Å². The lowest BCUT2D eigenvalue weighted by Gasteiger charge is -2.32. The monoisotopic (exact) mass is 310 g/mol. The third-order valence-electron chi connectivity index (χ3n) is 4.09. The van der Waals surface area contributed by atoms with Crippen LogP contribution in [0.4, 0.5) is 4.79 Å². The third-order valence-corrected chi connectivity index (χ3v) is 4.09. The second-order valence-electron chi connectivity index (χ2n) is 5.65. The number of pyridine rings is 1. The van der Waals surface area contributed by atoms with E-state index in [9.17, 15) is 14.7 Å². The van der Waals surface area contributed by atoms with E-state index in [0.29, 0.717) is 25.8 Å². The first-order chi connectivity index (χ1) is 11.1. The van der Waals surface area contributed by atoms with Crippen LogP contribution in [-0.4, -0.2) is 39.5 Å². The van der Waals surface area contributed by atoms with Crippen LogP contribution >= 0.6 is 0 Å². The van der Waals surface area contributed by atoms with Crippen molar-refractivity contribution in [1.29, 1.82) is 0 Å². The van der Waals surface area contributed by atoms with Gasteiger partial charge < -0.3 is 5.11 Å². The van der Waals surface area contributed by atoms with E-state index < -0.39 is 12.1 Å². The highest BCUT2D eigenvalue weighted by Crippen LogP contribution is 2.20. The van der Waals surface area contributed by atoms with Gasteiger partial charge in [0.15, 0.2) is 5.78 Å². The number of hydrogen-bond donors (Lipinski definition) is 1. The zero-order chi connectivity index (χ0) is 16.2. The van der Waals surface area contributed by atoms with Gasteiger partial charge in [0.05, 0.1) is 11.7 Å². The number of ketones is 1. The van der Waals surface area contributed by atoms with Gasteiger partial charge in [0.25, 0.3) is 0 Å². The Labute approximate surface area is 134 Å². The number of amides is 1. The molecule has 1 saturated heterocycles. The summed E-state index contributed by atoms with van der Waals surface area (Å²) in [6, 6.07) is 14.8. The fraction of sp³-hybridized carbons (Fsp3) is 0.278. The molecule has 1 unspecified atom stereocenters. The van der Waals surface area contributed by atoms with Gasteiger partial charge in [-0.1, -0.05) is 36.4 Å². The zero-order valence-corrected chi connectivity index (χ0v) is 12.7. The van der Waals surface area contributed by atoms with Gasteiger partial charge in [-0.3, -0.25) is 14.7 Å². The zero-order valence-electron chi connectivity index (χ0n) is 12.7. The molecule has 2 aromatic rings. The molecule has 0 saturated carbocycles. The molecule has 3 rings (SSSR count). The molecule has 0 radical (unpaired) electrons. The van der Waals surface area contributed by atoms with E-state index in [-0.39, 0.29) is 5.78 Å². The number of benzene rings is 1. The van der Waals surface area contributed by atoms with Crippen molar-refractivity contribution in [1.82, 2.24) is 9.88 Å². The molecular weight excluding hydrogens is 292 g/mol. The number of Topliss-reactive ketones (excluding diaryl/α,β-unsaturated/α-hetero) is 1. The van der Waals surface area contributed by atoms with E-state index >= 15 is 0 Å². The predicted octanol–water partition coefficient (Wildman–Crippen LogP) is 3.00. The van der Waals surface area contributed by atoms with Crippen LogP contribution in [0.5, 0.6) is 0 Å². The molecule has 1 amide bonds. The summed E-state index contributed by atoms with van der Waals surface area (Å²) in [6.07, 6.45) is 0.319. The molecule has 1 N–H and O–H groups in total. The van der Waals surface area contributed by atoms with Crippen molar-refractivity contribution >= 4 is 11.9 Å². The average Bonchev–Trinajstić information content (AvgIpc) is 2.57. The highest BCUT2D eigenvalue weighted by Gasteiger charge is 2.33. The Kier molecular flexibility index (Phi) is 4.37. The third kappa shape index (κ3) is 3.39. The smallest absolute Gasteiger partial charge is 0.407 e. The van der Waals surface area contributed by atoms with Crippen LogP contribution in [0.1, 0.15) is 18.5 Å². The summed E-state index contributed by atoms with van der Waals surface area (Å²) in [5.74, 6) is -0.0226. The van der Waals surface area contributed by atoms with E-state index in [2.05, 4.69) is 4.98 Å². The van der Waals surface area contributed by atoms with Crippen molar-refractivity contribution < 1.29 is 14.7 Å². The molecule has 0 aliphatic carbocycles. The Morgan fingerprint density at radius 3 is 2.70 bits per heavy atom. The van der Waals surface area contributed by atoms with Crippen LogP contribution in [0, 0.1) is 0 Å². The van der Waals surface area contributed by atoms with Crippen molar-refractivity contribution in [3.05, 3.63) is 54.2 Å². The molecule has 23 heavy (non-hydrogen) atoms. The lowest BCUT2D eigenvalue weighted by Crippen LogP contribution is -2.49. The highest BCUT2D eigenvalue weighted by atomic mass is 16.4. The van der Waals surface area contributed by atoms with Crippen molar-refractivity contribution in [2.75, 3.05) is 6.54 Å². The number of aromatic nitrogens is 1. The summed E-state index contributed by atoms with van der Waals surface area (Å²) in [6.45, 7) is 0.407. The van der Waals surface area contributed by atoms with Gasteiger partial charge in [0.1, 0.15) is 0 Å². The molecule has 5 nitrogen and oxygen atoms in total. The first-order valence-corrected chi connectivity index (χ1v) is 7.69. The molecule has 118 valence electrons. The van der Waals surface area contributed by atoms with Gasteiger partial charge >= 0.3 is 6.09 Å². The molecule has 5 heteroatoms. The fourth-order valence-electron chi connectivity index (χ4n) is 2.93. The summed E-state index contributed by atoms with van der Waals surface area (Å²) in [5.41, 5.74) is 2.56. The van der Waals surface area contributed by atoms with Crippen LogP contribution in [0.25, 0.3) is 11.3 Å². The Morgan fingerprint density at radius 2 is 1.96 bits per heavy atom. The summed E-state index contributed by atoms with van der Waals surface area (Å²) >= 11 is 0. The maximum absolute atomic E-state index is 12.1. The minimum atomic E-state index is -1.04. The maximum atomic E-state index is 12.1. The highest BCUT2D eigenvalue weighted by molar-refractivity contribution is 5.88. The molecule has 0 spiro atoms. The summed E-state index contributed by atoms with van der Waals surface area (Å²) in [5, 5.41) is 9.29. The molecule has 1 aromatic heterocycles. The number of carboxylic acid groups (broad SMARTS) is 1. The SMILES string of the molecule is O=C1CCCN(C(=O)O)C1Cc1cccc(-c2ccccc2)n1. The van der Waals surface area contributed by atoms with Gasteiger partial charge in [-0.05, 0) is 18.6 Å². The second kappa shape index (κ2) is 6.60. The maximum Gasteiger partial charge on any atom is 0.407 e. The molecule has 1 aliphatic heterocycles. The predicted molar refractivity (Wildman–Crippen MR) is 86.1 cm³/mol. The van der Waals surface area contributed by atoms with Crippen LogP contribution in [-0.2, 0) is 11.2 Å². The van der Waals surface area contributed by atoms with E-state index in [1.54, 1.807) is 0 Å². The summed E-state index contributed by atoms with van der Waals surface area (Å²) in [4.78, 5) is 29.3. The molecule has 0 bridgehead atoms. The van der Waals surface area contributed by atoms with Crippen molar-refractivity contribution in [3.8, 4) is 11.3 Å². The number of piperidine rings is 1. The van der Waals surface area contributed by atoms with Gasteiger partial charge in [0, 0.05) is 30.6 Å². The molecule has 1 aliphatic rings. The molecule has 1 atom stereocenters. The first-order valence-electron chi connectivity index (χ1n) is 7.69. The lowest BCUT2D eigenvalue weighted by molar-refractivity contribution is -0.126. The molecule has 1 fully saturated rings. The lowest BCUT2D eigenvalue weighted by atomic mass is 9.96. The fourth-order valence-corrected chi connectivity index (χ4v) is 2.93. The van der Waals surface area contributed by atoms with Crippen molar-refractivity contribution in [2.45, 2.75) is 25.3 Å². The summed E-state index contributed by atoms with van der Waals surface area (Å²) < 4.78 is 0. The molecule has 2 heterocycles. The molecular formula is C18H18N2O3. The number of nitrogens with zero attached hydrogens (tertiary/aromatic N) is 2. The Hall–Kier alpha value is -2.69. The van der Waals surface area contributed by atoms with E-state index in [0.717, 1.165) is 17.0 Å². The van der Waals surface area contributed by atoms with Gasteiger partial charge in [-0.15, -0.1) is 0 Å². The number of likely N-dealkylation sites (tertiary alicyclic amines) is 1. The van der Waals surface area contributed by atoms with E-state index in [1.807, 2.05) is 48.5 Å². The second-order valence-corrected chi connectivity index (χ2v) is 5.65. The van der Waals surface area contributed by atoms with Crippen LogP contribution in [0.2, 0.25) is 0 Å². The largest absolute Gasteiger partial charge is 0.465 e. The van der Waals surface area contributed by atoms with E-state index in [4.69, 9.17) is 0 Å². The van der Waals surface area contributed by atoms with Crippen LogP contribution < -0.4 is 0 Å². The minimum Gasteiger partial charge on any atom is -0.465 e. The topological polar surface area (TPSA) is 70.5 Å². The number of hydrogen-bond acceptors (Lipinski definition) is 3. The van der Waals surface area contributed by atoms with E-state index in [1.165, 1.54) is 4.90 Å². The quantitative estimate of drug-likeness (QED) is 0.946. The van der Waals surface area contributed by atoms with Gasteiger partial charge in [-0.2, -0.15) is 0 Å². The number of carbonyl (C=O) groups excluding carboxylic acids is 1. The Morgan fingerprint density at radius 1 is 1.17 bits per heavy atom. The first kappa shape index (κ1) is 15.2. The number of carbonyl (C=O) groups is 2. The van der Waals surface area contributed by atoms with Crippen LogP contribution in [0.15, 0.2) is 48.5 Å². The Bertz CT molecular complexity index is 715. The normalized spacial score (nSPS) is 18.0. The standard InChI is InChI=1S/C18H18N2O3/c21-17-10-5-11-20(18(22)23)16(17)12-14-8-4-9-15(19-14)13-6-2-1-3-7-13/h1-4,6-9,16H,5,10-12H2,(H,22,23). The van der Waals surface area contributed by atoms with Crippen LogP contribution in [0.3, 0.4) is 0 Å². The van der Waals surface area contributed by atoms with Crippen molar-refractivity contribution in [2.24, 2.45) is 0 Å². The minimum absolute atomic E-state index is 0.0226. The molecule has 1 aromatic carbocycles. The Balaban J connectivity index is 1.84. The number of rotatable bonds is 3. The summed E-state index contributed by atoms with van der Waals surface area (Å²) in [7, 11) is 0.